The highest BCUT2D eigenvalue weighted by atomic mass is 19.1. The number of nitrogens with zero attached hydrogens (tertiary/aromatic N) is 2. The van der Waals surface area contributed by atoms with E-state index < -0.39 is 0 Å². The van der Waals surface area contributed by atoms with Crippen molar-refractivity contribution in [3.63, 3.8) is 0 Å². The molecule has 130 valence electrons. The van der Waals surface area contributed by atoms with Gasteiger partial charge in [-0.1, -0.05) is 12.1 Å². The molecule has 2 fully saturated rings. The first kappa shape index (κ1) is 16.9. The average Bonchev–Trinajstić information content (AvgIpc) is 3.16. The number of halogens is 1. The SMILES string of the molecule is CN1C[C@@H](C(=O)N(Cc2cccc(F)c2)C[C@H]2CCCO2)CC1=O. The molecule has 1 aromatic carbocycles. The van der Waals surface area contributed by atoms with Crippen molar-refractivity contribution >= 4 is 11.8 Å². The Kier molecular flexibility index (Phi) is 5.14. The quantitative estimate of drug-likeness (QED) is 0.825. The van der Waals surface area contributed by atoms with Crippen molar-refractivity contribution in [1.82, 2.24) is 9.80 Å². The molecule has 0 bridgehead atoms. The lowest BCUT2D eigenvalue weighted by Crippen LogP contribution is -2.41. The Labute approximate surface area is 141 Å². The van der Waals surface area contributed by atoms with Crippen molar-refractivity contribution in [3.05, 3.63) is 35.6 Å². The zero-order valence-corrected chi connectivity index (χ0v) is 13.9. The molecule has 0 unspecified atom stereocenters. The molecule has 0 radical (unpaired) electrons. The molecule has 0 spiro atoms. The van der Waals surface area contributed by atoms with Crippen molar-refractivity contribution < 1.29 is 18.7 Å². The second kappa shape index (κ2) is 7.30. The van der Waals surface area contributed by atoms with E-state index in [1.54, 1.807) is 22.9 Å². The third kappa shape index (κ3) is 3.93. The fourth-order valence-corrected chi connectivity index (χ4v) is 3.41. The van der Waals surface area contributed by atoms with E-state index in [1.165, 1.54) is 12.1 Å². The van der Waals surface area contributed by atoms with Crippen molar-refractivity contribution in [3.8, 4) is 0 Å². The van der Waals surface area contributed by atoms with Crippen LogP contribution < -0.4 is 0 Å². The predicted octanol–water partition coefficient (Wildman–Crippen LogP) is 1.81. The number of amides is 2. The molecule has 5 nitrogen and oxygen atoms in total. The molecule has 0 saturated carbocycles. The molecule has 2 aliphatic heterocycles. The van der Waals surface area contributed by atoms with Gasteiger partial charge in [-0.2, -0.15) is 0 Å². The van der Waals surface area contributed by atoms with E-state index in [-0.39, 0.29) is 36.1 Å². The van der Waals surface area contributed by atoms with Crippen LogP contribution in [-0.4, -0.2) is 54.5 Å². The highest BCUT2D eigenvalue weighted by Gasteiger charge is 2.35. The lowest BCUT2D eigenvalue weighted by molar-refractivity contribution is -0.138. The van der Waals surface area contributed by atoms with Gasteiger partial charge in [0.1, 0.15) is 5.82 Å². The molecule has 2 heterocycles. The Morgan fingerprint density at radius 1 is 1.46 bits per heavy atom. The van der Waals surface area contributed by atoms with Gasteiger partial charge in [-0.25, -0.2) is 4.39 Å². The van der Waals surface area contributed by atoms with Crippen LogP contribution in [0.15, 0.2) is 24.3 Å². The van der Waals surface area contributed by atoms with Crippen LogP contribution in [0.2, 0.25) is 0 Å². The summed E-state index contributed by atoms with van der Waals surface area (Å²) < 4.78 is 19.1. The monoisotopic (exact) mass is 334 g/mol. The summed E-state index contributed by atoms with van der Waals surface area (Å²) in [4.78, 5) is 28.0. The highest BCUT2D eigenvalue weighted by molar-refractivity contribution is 5.89. The largest absolute Gasteiger partial charge is 0.376 e. The Hall–Kier alpha value is -1.95. The summed E-state index contributed by atoms with van der Waals surface area (Å²) in [5.74, 6) is -0.686. The molecule has 6 heteroatoms. The van der Waals surface area contributed by atoms with Gasteiger partial charge in [0.25, 0.3) is 0 Å². The molecule has 2 atom stereocenters. The molecule has 2 amide bonds. The summed E-state index contributed by atoms with van der Waals surface area (Å²) in [5, 5.41) is 0. The number of hydrogen-bond acceptors (Lipinski definition) is 3. The second-order valence-electron chi connectivity index (χ2n) is 6.66. The molecular weight excluding hydrogens is 311 g/mol. The first-order valence-corrected chi connectivity index (χ1v) is 8.41. The molecule has 0 aliphatic carbocycles. The van der Waals surface area contributed by atoms with Gasteiger partial charge in [-0.3, -0.25) is 9.59 Å². The van der Waals surface area contributed by atoms with Gasteiger partial charge in [0.15, 0.2) is 0 Å². The summed E-state index contributed by atoms with van der Waals surface area (Å²) in [7, 11) is 1.71. The van der Waals surface area contributed by atoms with Crippen molar-refractivity contribution in [2.24, 2.45) is 5.92 Å². The lowest BCUT2D eigenvalue weighted by Gasteiger charge is -2.28. The highest BCUT2D eigenvalue weighted by Crippen LogP contribution is 2.22. The summed E-state index contributed by atoms with van der Waals surface area (Å²) in [6.07, 6.45) is 2.20. The van der Waals surface area contributed by atoms with E-state index in [0.29, 0.717) is 19.6 Å². The second-order valence-corrected chi connectivity index (χ2v) is 6.66. The molecule has 2 saturated heterocycles. The topological polar surface area (TPSA) is 49.9 Å². The number of hydrogen-bond donors (Lipinski definition) is 0. The van der Waals surface area contributed by atoms with E-state index in [1.807, 2.05) is 6.07 Å². The van der Waals surface area contributed by atoms with Gasteiger partial charge in [0, 0.05) is 39.7 Å². The third-order valence-electron chi connectivity index (χ3n) is 4.71. The first-order chi connectivity index (χ1) is 11.5. The molecule has 24 heavy (non-hydrogen) atoms. The third-order valence-corrected chi connectivity index (χ3v) is 4.71. The Morgan fingerprint density at radius 3 is 2.92 bits per heavy atom. The number of carbonyl (C=O) groups excluding carboxylic acids is 2. The van der Waals surface area contributed by atoms with Gasteiger partial charge in [0.2, 0.25) is 11.8 Å². The standard InChI is InChI=1S/C18H23FN2O3/c1-20-11-14(9-17(20)22)18(23)21(12-16-6-3-7-24-16)10-13-4-2-5-15(19)8-13/h2,4-5,8,14,16H,3,6-7,9-12H2,1H3/t14-,16+/m0/s1. The van der Waals surface area contributed by atoms with Gasteiger partial charge >= 0.3 is 0 Å². The number of carbonyl (C=O) groups is 2. The number of benzene rings is 1. The van der Waals surface area contributed by atoms with Crippen molar-refractivity contribution in [2.45, 2.75) is 31.9 Å². The van der Waals surface area contributed by atoms with Crippen LogP contribution in [-0.2, 0) is 20.9 Å². The van der Waals surface area contributed by atoms with E-state index in [4.69, 9.17) is 4.74 Å². The van der Waals surface area contributed by atoms with Crippen LogP contribution in [0.3, 0.4) is 0 Å². The Balaban J connectivity index is 1.73. The van der Waals surface area contributed by atoms with E-state index >= 15 is 0 Å². The minimum atomic E-state index is -0.322. The smallest absolute Gasteiger partial charge is 0.228 e. The van der Waals surface area contributed by atoms with Crippen LogP contribution in [0.4, 0.5) is 4.39 Å². The molecule has 2 aliphatic rings. The minimum absolute atomic E-state index is 0.00354. The van der Waals surface area contributed by atoms with Gasteiger partial charge in [0.05, 0.1) is 12.0 Å². The zero-order chi connectivity index (χ0) is 17.1. The number of likely N-dealkylation sites (tertiary alicyclic amines) is 1. The summed E-state index contributed by atoms with van der Waals surface area (Å²) in [6.45, 7) is 1.99. The Bertz CT molecular complexity index is 616. The number of ether oxygens (including phenoxy) is 1. The normalized spacial score (nSPS) is 23.8. The number of rotatable bonds is 5. The van der Waals surface area contributed by atoms with Gasteiger partial charge < -0.3 is 14.5 Å². The van der Waals surface area contributed by atoms with Gasteiger partial charge in [-0.05, 0) is 30.5 Å². The first-order valence-electron chi connectivity index (χ1n) is 8.41. The summed E-state index contributed by atoms with van der Waals surface area (Å²) in [6, 6.07) is 6.29. The fraction of sp³-hybridized carbons (Fsp3) is 0.556. The molecule has 1 aromatic rings. The van der Waals surface area contributed by atoms with Crippen LogP contribution in [0.5, 0.6) is 0 Å². The summed E-state index contributed by atoms with van der Waals surface area (Å²) >= 11 is 0. The molecule has 3 rings (SSSR count). The molecular formula is C18H23FN2O3. The van der Waals surface area contributed by atoms with E-state index in [9.17, 15) is 14.0 Å². The Morgan fingerprint density at radius 2 is 2.29 bits per heavy atom. The maximum Gasteiger partial charge on any atom is 0.228 e. The average molecular weight is 334 g/mol. The molecule has 0 aromatic heterocycles. The van der Waals surface area contributed by atoms with E-state index in [0.717, 1.165) is 25.0 Å². The maximum absolute atomic E-state index is 13.4. The van der Waals surface area contributed by atoms with Crippen molar-refractivity contribution in [1.29, 1.82) is 0 Å². The van der Waals surface area contributed by atoms with Crippen molar-refractivity contribution in [2.75, 3.05) is 26.7 Å². The van der Waals surface area contributed by atoms with Crippen LogP contribution in [0.25, 0.3) is 0 Å². The fourth-order valence-electron chi connectivity index (χ4n) is 3.41. The van der Waals surface area contributed by atoms with E-state index in [2.05, 4.69) is 0 Å². The maximum atomic E-state index is 13.4. The predicted molar refractivity (Wildman–Crippen MR) is 86.5 cm³/mol. The van der Waals surface area contributed by atoms with Gasteiger partial charge in [-0.15, -0.1) is 0 Å². The van der Waals surface area contributed by atoms with Crippen LogP contribution in [0.1, 0.15) is 24.8 Å². The minimum Gasteiger partial charge on any atom is -0.376 e. The van der Waals surface area contributed by atoms with Crippen LogP contribution in [0, 0.1) is 11.7 Å². The zero-order valence-electron chi connectivity index (χ0n) is 13.9. The summed E-state index contributed by atoms with van der Waals surface area (Å²) in [5.41, 5.74) is 0.749. The van der Waals surface area contributed by atoms with Crippen LogP contribution >= 0.6 is 0 Å². The lowest BCUT2D eigenvalue weighted by atomic mass is 10.1. The molecule has 0 N–H and O–H groups in total.